The molecule has 0 bridgehead atoms. The zero-order valence-electron chi connectivity index (χ0n) is 11.5. The molecule has 0 spiro atoms. The van der Waals surface area contributed by atoms with Crippen LogP contribution in [0, 0.1) is 10.1 Å². The van der Waals surface area contributed by atoms with Gasteiger partial charge < -0.3 is 5.32 Å². The molecule has 0 radical (unpaired) electrons. The first kappa shape index (κ1) is 14.5. The van der Waals surface area contributed by atoms with Gasteiger partial charge in [-0.15, -0.1) is 0 Å². The van der Waals surface area contributed by atoms with E-state index in [-0.39, 0.29) is 17.6 Å². The van der Waals surface area contributed by atoms with Crippen molar-refractivity contribution in [3.05, 3.63) is 39.9 Å². The van der Waals surface area contributed by atoms with Crippen LogP contribution in [0.25, 0.3) is 0 Å². The lowest BCUT2D eigenvalue weighted by molar-refractivity contribution is -0.384. The van der Waals surface area contributed by atoms with Crippen molar-refractivity contribution in [2.75, 3.05) is 0 Å². The summed E-state index contributed by atoms with van der Waals surface area (Å²) in [5.41, 5.74) is 0.491. The van der Waals surface area contributed by atoms with Crippen molar-refractivity contribution in [2.24, 2.45) is 0 Å². The van der Waals surface area contributed by atoms with Crippen molar-refractivity contribution in [1.29, 1.82) is 0 Å². The van der Waals surface area contributed by atoms with E-state index in [1.165, 1.54) is 43.5 Å². The van der Waals surface area contributed by atoms with Crippen molar-refractivity contribution in [2.45, 2.75) is 51.0 Å². The monoisotopic (exact) mass is 276 g/mol. The van der Waals surface area contributed by atoms with Gasteiger partial charge in [0, 0.05) is 23.7 Å². The average Bonchev–Trinajstić information content (AvgIpc) is 2.41. The fraction of sp³-hybridized carbons (Fsp3) is 0.533. The Morgan fingerprint density at radius 3 is 2.15 bits per heavy atom. The highest BCUT2D eigenvalue weighted by molar-refractivity contribution is 5.94. The lowest BCUT2D eigenvalue weighted by atomic mass is 9.96. The summed E-state index contributed by atoms with van der Waals surface area (Å²) >= 11 is 0. The van der Waals surface area contributed by atoms with Crippen molar-refractivity contribution >= 4 is 11.6 Å². The quantitative estimate of drug-likeness (QED) is 0.679. The van der Waals surface area contributed by atoms with Crippen LogP contribution in [-0.4, -0.2) is 16.9 Å². The van der Waals surface area contributed by atoms with Crippen LogP contribution < -0.4 is 5.32 Å². The van der Waals surface area contributed by atoms with Crippen LogP contribution in [0.1, 0.15) is 55.3 Å². The number of benzene rings is 1. The second-order valence-electron chi connectivity index (χ2n) is 5.32. The van der Waals surface area contributed by atoms with Crippen LogP contribution in [0.5, 0.6) is 0 Å². The molecular formula is C15H20N2O3. The Morgan fingerprint density at radius 1 is 1.05 bits per heavy atom. The molecule has 5 heteroatoms. The molecule has 1 aliphatic rings. The fourth-order valence-electron chi connectivity index (χ4n) is 2.60. The molecule has 0 unspecified atom stereocenters. The maximum absolute atomic E-state index is 12.1. The predicted octanol–water partition coefficient (Wildman–Crippen LogP) is 3.44. The summed E-state index contributed by atoms with van der Waals surface area (Å²) in [4.78, 5) is 22.2. The van der Waals surface area contributed by atoms with Crippen LogP contribution in [0.4, 0.5) is 5.69 Å². The number of rotatable bonds is 3. The molecule has 1 aliphatic carbocycles. The third-order valence-corrected chi connectivity index (χ3v) is 3.78. The van der Waals surface area contributed by atoms with E-state index in [1.54, 1.807) is 0 Å². The van der Waals surface area contributed by atoms with Gasteiger partial charge in [-0.3, -0.25) is 14.9 Å². The van der Waals surface area contributed by atoms with Gasteiger partial charge in [-0.05, 0) is 25.0 Å². The Bertz CT molecular complexity index is 463. The zero-order chi connectivity index (χ0) is 14.4. The highest BCUT2D eigenvalue weighted by atomic mass is 16.6. The van der Waals surface area contributed by atoms with Crippen molar-refractivity contribution < 1.29 is 9.72 Å². The number of amides is 1. The van der Waals surface area contributed by atoms with Crippen molar-refractivity contribution in [3.63, 3.8) is 0 Å². The Hall–Kier alpha value is -1.91. The molecule has 5 nitrogen and oxygen atoms in total. The third-order valence-electron chi connectivity index (χ3n) is 3.78. The summed E-state index contributed by atoms with van der Waals surface area (Å²) in [5.74, 6) is -0.134. The van der Waals surface area contributed by atoms with E-state index < -0.39 is 4.92 Å². The highest BCUT2D eigenvalue weighted by Gasteiger charge is 2.15. The second-order valence-corrected chi connectivity index (χ2v) is 5.32. The summed E-state index contributed by atoms with van der Waals surface area (Å²) in [6, 6.07) is 5.99. The first-order chi connectivity index (χ1) is 9.66. The van der Waals surface area contributed by atoms with E-state index in [0.29, 0.717) is 5.56 Å². The molecule has 2 rings (SSSR count). The van der Waals surface area contributed by atoms with E-state index in [9.17, 15) is 14.9 Å². The van der Waals surface area contributed by atoms with Gasteiger partial charge in [0.2, 0.25) is 0 Å². The molecule has 1 saturated carbocycles. The molecular weight excluding hydrogens is 256 g/mol. The van der Waals surface area contributed by atoms with Crippen LogP contribution in [0.15, 0.2) is 24.3 Å². The smallest absolute Gasteiger partial charge is 0.269 e. The standard InChI is InChI=1S/C15H20N2O3/c18-15(12-8-10-14(11-9-12)17(19)20)16-13-6-4-2-1-3-5-7-13/h8-11,13H,1-7H2,(H,16,18). The summed E-state index contributed by atoms with van der Waals surface area (Å²) in [6.45, 7) is 0. The minimum atomic E-state index is -0.462. The van der Waals surface area contributed by atoms with E-state index in [0.717, 1.165) is 25.7 Å². The number of carbonyl (C=O) groups is 1. The molecule has 0 heterocycles. The lowest BCUT2D eigenvalue weighted by Crippen LogP contribution is -2.35. The fourth-order valence-corrected chi connectivity index (χ4v) is 2.60. The van der Waals surface area contributed by atoms with Gasteiger partial charge >= 0.3 is 0 Å². The van der Waals surface area contributed by atoms with Crippen LogP contribution in [0.2, 0.25) is 0 Å². The molecule has 0 aromatic heterocycles. The van der Waals surface area contributed by atoms with Gasteiger partial charge in [0.05, 0.1) is 4.92 Å². The van der Waals surface area contributed by atoms with E-state index >= 15 is 0 Å². The number of carbonyl (C=O) groups excluding carboxylic acids is 1. The van der Waals surface area contributed by atoms with Crippen molar-refractivity contribution in [3.8, 4) is 0 Å². The van der Waals surface area contributed by atoms with Crippen LogP contribution >= 0.6 is 0 Å². The number of hydrogen-bond acceptors (Lipinski definition) is 3. The summed E-state index contributed by atoms with van der Waals surface area (Å²) in [6.07, 6.45) is 8.14. The largest absolute Gasteiger partial charge is 0.349 e. The topological polar surface area (TPSA) is 72.2 Å². The number of nitro benzene ring substituents is 1. The second kappa shape index (κ2) is 7.03. The van der Waals surface area contributed by atoms with Crippen LogP contribution in [0.3, 0.4) is 0 Å². The molecule has 20 heavy (non-hydrogen) atoms. The van der Waals surface area contributed by atoms with Gasteiger partial charge in [-0.1, -0.05) is 32.1 Å². The van der Waals surface area contributed by atoms with Gasteiger partial charge in [0.15, 0.2) is 0 Å². The number of non-ortho nitro benzene ring substituents is 1. The summed E-state index contributed by atoms with van der Waals surface area (Å²) in [7, 11) is 0. The number of nitro groups is 1. The molecule has 0 saturated heterocycles. The van der Waals surface area contributed by atoms with Crippen LogP contribution in [-0.2, 0) is 0 Å². The van der Waals surface area contributed by atoms with Gasteiger partial charge in [-0.2, -0.15) is 0 Å². The summed E-state index contributed by atoms with van der Waals surface area (Å²) in [5, 5.41) is 13.6. The van der Waals surface area contributed by atoms with Gasteiger partial charge in [-0.25, -0.2) is 0 Å². The minimum absolute atomic E-state index is 0.00695. The summed E-state index contributed by atoms with van der Waals surface area (Å²) < 4.78 is 0. The molecule has 1 fully saturated rings. The maximum atomic E-state index is 12.1. The van der Waals surface area contributed by atoms with Gasteiger partial charge in [0.1, 0.15) is 0 Å². The Balaban J connectivity index is 1.94. The SMILES string of the molecule is O=C(NC1CCCCCCC1)c1ccc([N+](=O)[O-])cc1. The maximum Gasteiger partial charge on any atom is 0.269 e. The first-order valence-corrected chi connectivity index (χ1v) is 7.22. The molecule has 0 atom stereocenters. The lowest BCUT2D eigenvalue weighted by Gasteiger charge is -2.21. The number of nitrogens with one attached hydrogen (secondary N) is 1. The third kappa shape index (κ3) is 4.05. The highest BCUT2D eigenvalue weighted by Crippen LogP contribution is 2.18. The first-order valence-electron chi connectivity index (χ1n) is 7.22. The Kier molecular flexibility index (Phi) is 5.09. The molecule has 108 valence electrons. The number of hydrogen-bond donors (Lipinski definition) is 1. The molecule has 1 N–H and O–H groups in total. The zero-order valence-corrected chi connectivity index (χ0v) is 11.5. The van der Waals surface area contributed by atoms with E-state index in [2.05, 4.69) is 5.32 Å². The molecule has 1 aromatic rings. The van der Waals surface area contributed by atoms with Gasteiger partial charge in [0.25, 0.3) is 11.6 Å². The molecule has 1 amide bonds. The van der Waals surface area contributed by atoms with E-state index in [1.807, 2.05) is 0 Å². The predicted molar refractivity (Wildman–Crippen MR) is 76.7 cm³/mol. The molecule has 1 aromatic carbocycles. The Labute approximate surface area is 118 Å². The minimum Gasteiger partial charge on any atom is -0.349 e. The average molecular weight is 276 g/mol. The van der Waals surface area contributed by atoms with Crippen molar-refractivity contribution in [1.82, 2.24) is 5.32 Å². The Morgan fingerprint density at radius 2 is 1.60 bits per heavy atom. The number of nitrogens with zero attached hydrogens (tertiary/aromatic N) is 1. The van der Waals surface area contributed by atoms with E-state index in [4.69, 9.17) is 0 Å². The molecule has 0 aliphatic heterocycles. The normalized spacial score (nSPS) is 17.0.